The SMILES string of the molecule is COc1nc(N(C)CCCO)ncc1-c1ccc(Oc2ccnc(-c3c[nH]nc3C)c2)c(C)n1. The van der Waals surface area contributed by atoms with Gasteiger partial charge in [0, 0.05) is 50.4 Å². The number of rotatable bonds is 9. The molecule has 0 saturated carbocycles. The van der Waals surface area contributed by atoms with E-state index >= 15 is 0 Å². The van der Waals surface area contributed by atoms with Crippen LogP contribution in [0.2, 0.25) is 0 Å². The van der Waals surface area contributed by atoms with Crippen molar-refractivity contribution in [1.29, 1.82) is 0 Å². The van der Waals surface area contributed by atoms with E-state index in [1.54, 1.807) is 25.6 Å². The zero-order valence-corrected chi connectivity index (χ0v) is 19.6. The number of aliphatic hydroxyl groups excluding tert-OH is 1. The highest BCUT2D eigenvalue weighted by molar-refractivity contribution is 5.66. The number of methoxy groups -OCH3 is 1. The van der Waals surface area contributed by atoms with Crippen molar-refractivity contribution in [3.8, 4) is 39.9 Å². The fourth-order valence-electron chi connectivity index (χ4n) is 3.45. The summed E-state index contributed by atoms with van der Waals surface area (Å²) in [4.78, 5) is 19.9. The highest BCUT2D eigenvalue weighted by Crippen LogP contribution is 2.32. The largest absolute Gasteiger partial charge is 0.480 e. The maximum atomic E-state index is 9.05. The molecule has 2 N–H and O–H groups in total. The summed E-state index contributed by atoms with van der Waals surface area (Å²) in [5, 5.41) is 16.0. The van der Waals surface area contributed by atoms with Crippen molar-refractivity contribution in [2.24, 2.45) is 0 Å². The van der Waals surface area contributed by atoms with Crippen LogP contribution in [0.5, 0.6) is 17.4 Å². The van der Waals surface area contributed by atoms with Crippen LogP contribution >= 0.6 is 0 Å². The fraction of sp³-hybridized carbons (Fsp3) is 0.292. The van der Waals surface area contributed by atoms with Gasteiger partial charge in [0.15, 0.2) is 0 Å². The molecule has 0 atom stereocenters. The minimum Gasteiger partial charge on any atom is -0.480 e. The van der Waals surface area contributed by atoms with E-state index in [0.29, 0.717) is 53.2 Å². The number of nitrogens with zero attached hydrogens (tertiary/aromatic N) is 6. The van der Waals surface area contributed by atoms with Crippen LogP contribution in [0.25, 0.3) is 22.5 Å². The molecule has 4 rings (SSSR count). The molecule has 0 aliphatic heterocycles. The van der Waals surface area contributed by atoms with Crippen molar-refractivity contribution >= 4 is 5.95 Å². The van der Waals surface area contributed by atoms with Crippen LogP contribution in [0.1, 0.15) is 17.8 Å². The lowest BCUT2D eigenvalue weighted by molar-refractivity contribution is 0.290. The Morgan fingerprint density at radius 2 is 1.88 bits per heavy atom. The van der Waals surface area contributed by atoms with Crippen molar-refractivity contribution in [2.75, 3.05) is 32.2 Å². The summed E-state index contributed by atoms with van der Waals surface area (Å²) in [6.45, 7) is 4.55. The molecule has 0 bridgehead atoms. The van der Waals surface area contributed by atoms with Gasteiger partial charge in [-0.25, -0.2) is 9.97 Å². The molecular formula is C24H27N7O3. The predicted octanol–water partition coefficient (Wildman–Crippen LogP) is 3.56. The molecule has 176 valence electrons. The highest BCUT2D eigenvalue weighted by Gasteiger charge is 2.15. The Balaban J connectivity index is 1.56. The van der Waals surface area contributed by atoms with Crippen molar-refractivity contribution < 1.29 is 14.6 Å². The van der Waals surface area contributed by atoms with Crippen LogP contribution in [0.15, 0.2) is 42.9 Å². The molecule has 0 spiro atoms. The van der Waals surface area contributed by atoms with Crippen LogP contribution in [-0.4, -0.2) is 62.5 Å². The maximum Gasteiger partial charge on any atom is 0.228 e. The second-order valence-corrected chi connectivity index (χ2v) is 7.73. The number of aromatic amines is 1. The lowest BCUT2D eigenvalue weighted by Gasteiger charge is -2.18. The Labute approximate surface area is 197 Å². The van der Waals surface area contributed by atoms with Gasteiger partial charge in [0.05, 0.1) is 35.4 Å². The van der Waals surface area contributed by atoms with Gasteiger partial charge in [-0.2, -0.15) is 10.1 Å². The first-order valence-corrected chi connectivity index (χ1v) is 10.9. The van der Waals surface area contributed by atoms with Crippen LogP contribution in [0, 0.1) is 13.8 Å². The molecule has 4 aromatic heterocycles. The second kappa shape index (κ2) is 10.3. The number of H-pyrrole nitrogens is 1. The molecule has 0 radical (unpaired) electrons. The van der Waals surface area contributed by atoms with Crippen LogP contribution in [0.4, 0.5) is 5.95 Å². The average molecular weight is 462 g/mol. The summed E-state index contributed by atoms with van der Waals surface area (Å²) >= 11 is 0. The molecule has 0 saturated heterocycles. The Bertz CT molecular complexity index is 1280. The summed E-state index contributed by atoms with van der Waals surface area (Å²) in [6.07, 6.45) is 5.85. The van der Waals surface area contributed by atoms with Gasteiger partial charge < -0.3 is 19.5 Å². The number of pyridine rings is 2. The Morgan fingerprint density at radius 1 is 1.03 bits per heavy atom. The number of ether oxygens (including phenoxy) is 2. The van der Waals surface area contributed by atoms with E-state index in [1.165, 1.54) is 0 Å². The number of anilines is 1. The van der Waals surface area contributed by atoms with Gasteiger partial charge in [-0.05, 0) is 38.5 Å². The first-order valence-electron chi connectivity index (χ1n) is 10.9. The molecule has 0 aliphatic rings. The van der Waals surface area contributed by atoms with Gasteiger partial charge in [-0.1, -0.05) is 0 Å². The summed E-state index contributed by atoms with van der Waals surface area (Å²) in [7, 11) is 3.44. The van der Waals surface area contributed by atoms with E-state index in [9.17, 15) is 0 Å². The number of hydrogen-bond acceptors (Lipinski definition) is 9. The van der Waals surface area contributed by atoms with E-state index in [-0.39, 0.29) is 6.61 Å². The summed E-state index contributed by atoms with van der Waals surface area (Å²) in [5.74, 6) is 2.23. The average Bonchev–Trinajstić information content (AvgIpc) is 3.29. The number of aryl methyl sites for hydroxylation is 2. The van der Waals surface area contributed by atoms with E-state index in [2.05, 4.69) is 25.1 Å². The quantitative estimate of drug-likeness (QED) is 0.385. The van der Waals surface area contributed by atoms with Gasteiger partial charge in [0.25, 0.3) is 0 Å². The van der Waals surface area contributed by atoms with Gasteiger partial charge in [0.2, 0.25) is 11.8 Å². The first kappa shape index (κ1) is 23.1. The van der Waals surface area contributed by atoms with Crippen molar-refractivity contribution in [3.05, 3.63) is 54.2 Å². The lowest BCUT2D eigenvalue weighted by Crippen LogP contribution is -2.22. The second-order valence-electron chi connectivity index (χ2n) is 7.73. The third-order valence-electron chi connectivity index (χ3n) is 5.31. The maximum absolute atomic E-state index is 9.05. The molecular weight excluding hydrogens is 434 g/mol. The summed E-state index contributed by atoms with van der Waals surface area (Å²) < 4.78 is 11.6. The van der Waals surface area contributed by atoms with Crippen LogP contribution < -0.4 is 14.4 Å². The number of hydrogen-bond donors (Lipinski definition) is 2. The molecule has 0 amide bonds. The lowest BCUT2D eigenvalue weighted by atomic mass is 10.1. The molecule has 0 aliphatic carbocycles. The zero-order valence-electron chi connectivity index (χ0n) is 19.6. The topological polar surface area (TPSA) is 122 Å². The monoisotopic (exact) mass is 461 g/mol. The number of aromatic nitrogens is 6. The van der Waals surface area contributed by atoms with Crippen molar-refractivity contribution in [1.82, 2.24) is 30.1 Å². The van der Waals surface area contributed by atoms with E-state index in [4.69, 9.17) is 19.6 Å². The summed E-state index contributed by atoms with van der Waals surface area (Å²) in [6, 6.07) is 7.38. The van der Waals surface area contributed by atoms with E-state index in [0.717, 1.165) is 17.0 Å². The van der Waals surface area contributed by atoms with Crippen molar-refractivity contribution in [3.63, 3.8) is 0 Å². The molecule has 10 nitrogen and oxygen atoms in total. The molecule has 34 heavy (non-hydrogen) atoms. The van der Waals surface area contributed by atoms with E-state index in [1.807, 2.05) is 50.2 Å². The molecule has 0 aromatic carbocycles. The summed E-state index contributed by atoms with van der Waals surface area (Å²) in [5.41, 5.74) is 4.63. The highest BCUT2D eigenvalue weighted by atomic mass is 16.5. The van der Waals surface area contributed by atoms with Crippen LogP contribution in [0.3, 0.4) is 0 Å². The van der Waals surface area contributed by atoms with Crippen molar-refractivity contribution in [2.45, 2.75) is 20.3 Å². The fourth-order valence-corrected chi connectivity index (χ4v) is 3.45. The number of aliphatic hydroxyl groups is 1. The minimum atomic E-state index is 0.112. The van der Waals surface area contributed by atoms with Gasteiger partial charge >= 0.3 is 0 Å². The zero-order chi connectivity index (χ0) is 24.1. The van der Waals surface area contributed by atoms with Gasteiger partial charge in [-0.3, -0.25) is 10.1 Å². The molecule has 0 fully saturated rings. The third-order valence-corrected chi connectivity index (χ3v) is 5.31. The third kappa shape index (κ3) is 4.96. The molecule has 4 aromatic rings. The van der Waals surface area contributed by atoms with Gasteiger partial charge in [0.1, 0.15) is 11.5 Å². The molecule has 0 unspecified atom stereocenters. The Kier molecular flexibility index (Phi) is 6.98. The number of nitrogens with one attached hydrogen (secondary N) is 1. The Morgan fingerprint density at radius 3 is 2.59 bits per heavy atom. The normalized spacial score (nSPS) is 10.9. The first-order chi connectivity index (χ1) is 16.5. The smallest absolute Gasteiger partial charge is 0.228 e. The predicted molar refractivity (Wildman–Crippen MR) is 128 cm³/mol. The Hall–Kier alpha value is -4.05. The molecule has 4 heterocycles. The molecule has 10 heteroatoms. The van der Waals surface area contributed by atoms with Gasteiger partial charge in [-0.15, -0.1) is 0 Å². The standard InChI is InChI=1S/C24H27N7O3/c1-15-18(14-27-30-15)21-12-17(8-9-25-21)34-22-7-6-20(28-16(22)2)19-13-26-24(29-23(19)33-4)31(3)10-5-11-32/h6-9,12-14,32H,5,10-11H2,1-4H3,(H,27,30). The van der Waals surface area contributed by atoms with Crippen LogP contribution in [-0.2, 0) is 0 Å². The van der Waals surface area contributed by atoms with E-state index < -0.39 is 0 Å². The minimum absolute atomic E-state index is 0.112.